The van der Waals surface area contributed by atoms with Crippen LogP contribution in [-0.4, -0.2) is 45.7 Å². The predicted molar refractivity (Wildman–Crippen MR) is 97.5 cm³/mol. The third-order valence-corrected chi connectivity index (χ3v) is 5.00. The van der Waals surface area contributed by atoms with Gasteiger partial charge in [0, 0.05) is 43.4 Å². The monoisotopic (exact) mass is 337 g/mol. The van der Waals surface area contributed by atoms with Crippen LogP contribution in [-0.2, 0) is 6.54 Å². The van der Waals surface area contributed by atoms with Gasteiger partial charge in [0.1, 0.15) is 5.69 Å². The van der Waals surface area contributed by atoms with E-state index >= 15 is 0 Å². The summed E-state index contributed by atoms with van der Waals surface area (Å²) in [4.78, 5) is 17.5. The van der Waals surface area contributed by atoms with E-state index in [0.29, 0.717) is 11.7 Å². The zero-order chi connectivity index (χ0) is 17.2. The molecule has 2 N–H and O–H groups in total. The Labute approximate surface area is 146 Å². The van der Waals surface area contributed by atoms with Gasteiger partial charge in [-0.25, -0.2) is 0 Å². The average molecular weight is 337 g/mol. The summed E-state index contributed by atoms with van der Waals surface area (Å²) in [6.45, 7) is 2.99. The molecule has 1 atom stereocenters. The van der Waals surface area contributed by atoms with Crippen molar-refractivity contribution in [2.75, 3.05) is 20.1 Å². The van der Waals surface area contributed by atoms with Gasteiger partial charge in [0.05, 0.1) is 6.04 Å². The normalized spacial score (nSPS) is 18.5. The topological polar surface area (TPSA) is 66.0 Å². The number of nitrogens with one attached hydrogen (secondary N) is 2. The van der Waals surface area contributed by atoms with Crippen molar-refractivity contribution in [3.63, 3.8) is 0 Å². The second kappa shape index (κ2) is 6.72. The SMILES string of the molecule is CNC(=O)c1ccn([C@H]2CCCN(Cc3cccc4[nH]ccc34)C2)n1. The number of nitrogens with zero attached hydrogens (tertiary/aromatic N) is 3. The number of aromatic amines is 1. The minimum absolute atomic E-state index is 0.134. The van der Waals surface area contributed by atoms with Crippen molar-refractivity contribution in [2.45, 2.75) is 25.4 Å². The van der Waals surface area contributed by atoms with Crippen molar-refractivity contribution in [2.24, 2.45) is 0 Å². The van der Waals surface area contributed by atoms with Crippen LogP contribution in [0.2, 0.25) is 0 Å². The third kappa shape index (κ3) is 3.17. The summed E-state index contributed by atoms with van der Waals surface area (Å²) in [5.41, 5.74) is 3.02. The molecule has 0 saturated carbocycles. The minimum Gasteiger partial charge on any atom is -0.361 e. The quantitative estimate of drug-likeness (QED) is 0.769. The second-order valence-electron chi connectivity index (χ2n) is 6.65. The number of carbonyl (C=O) groups excluding carboxylic acids is 1. The number of piperidine rings is 1. The Morgan fingerprint density at radius 3 is 3.16 bits per heavy atom. The van der Waals surface area contributed by atoms with E-state index in [-0.39, 0.29) is 5.91 Å². The van der Waals surface area contributed by atoms with Crippen molar-refractivity contribution >= 4 is 16.8 Å². The molecule has 1 saturated heterocycles. The molecule has 1 aliphatic heterocycles. The molecule has 0 spiro atoms. The van der Waals surface area contributed by atoms with E-state index in [1.165, 1.54) is 16.5 Å². The molecule has 1 amide bonds. The highest BCUT2D eigenvalue weighted by atomic mass is 16.1. The number of carbonyl (C=O) groups is 1. The highest BCUT2D eigenvalue weighted by Crippen LogP contribution is 2.25. The Kier molecular flexibility index (Phi) is 4.28. The summed E-state index contributed by atoms with van der Waals surface area (Å²) in [5.74, 6) is -0.134. The predicted octanol–water partition coefficient (Wildman–Crippen LogP) is 2.56. The lowest BCUT2D eigenvalue weighted by molar-refractivity contribution is 0.0955. The number of H-pyrrole nitrogens is 1. The first-order valence-electron chi connectivity index (χ1n) is 8.79. The van der Waals surface area contributed by atoms with Crippen molar-refractivity contribution in [3.8, 4) is 0 Å². The van der Waals surface area contributed by atoms with E-state index in [9.17, 15) is 4.79 Å². The van der Waals surface area contributed by atoms with Gasteiger partial charge in [-0.1, -0.05) is 12.1 Å². The molecule has 1 aromatic carbocycles. The van der Waals surface area contributed by atoms with Crippen LogP contribution >= 0.6 is 0 Å². The standard InChI is InChI=1S/C19H23N5O/c1-20-19(25)18-8-11-24(22-18)15-5-3-10-23(13-15)12-14-4-2-6-17-16(14)7-9-21-17/h2,4,6-9,11,15,21H,3,5,10,12-13H2,1H3,(H,20,25)/t15-/m0/s1. The van der Waals surface area contributed by atoms with Gasteiger partial charge in [0.2, 0.25) is 0 Å². The zero-order valence-corrected chi connectivity index (χ0v) is 14.4. The fraction of sp³-hybridized carbons (Fsp3) is 0.368. The molecule has 6 nitrogen and oxygen atoms in total. The van der Waals surface area contributed by atoms with Crippen molar-refractivity contribution in [1.82, 2.24) is 25.0 Å². The molecule has 2 aromatic heterocycles. The highest BCUT2D eigenvalue weighted by molar-refractivity contribution is 5.91. The number of fused-ring (bicyclic) bond motifs is 1. The number of amides is 1. The molecule has 1 fully saturated rings. The second-order valence-corrected chi connectivity index (χ2v) is 6.65. The Bertz CT molecular complexity index is 881. The van der Waals surface area contributed by atoms with Gasteiger partial charge in [-0.05, 0) is 43.1 Å². The van der Waals surface area contributed by atoms with E-state index in [4.69, 9.17) is 0 Å². The van der Waals surface area contributed by atoms with E-state index in [1.54, 1.807) is 13.1 Å². The fourth-order valence-electron chi connectivity index (χ4n) is 3.71. The molecule has 0 unspecified atom stereocenters. The van der Waals surface area contributed by atoms with Crippen molar-refractivity contribution in [1.29, 1.82) is 0 Å². The zero-order valence-electron chi connectivity index (χ0n) is 14.4. The molecule has 4 rings (SSSR count). The van der Waals surface area contributed by atoms with Crippen LogP contribution in [0.3, 0.4) is 0 Å². The molecule has 1 aliphatic rings. The molecule has 0 bridgehead atoms. The Balaban J connectivity index is 1.48. The van der Waals surface area contributed by atoms with Crippen LogP contribution < -0.4 is 5.32 Å². The van der Waals surface area contributed by atoms with Gasteiger partial charge >= 0.3 is 0 Å². The molecule has 6 heteroatoms. The van der Waals surface area contributed by atoms with Crippen molar-refractivity contribution < 1.29 is 4.79 Å². The lowest BCUT2D eigenvalue weighted by atomic mass is 10.0. The van der Waals surface area contributed by atoms with Crippen LogP contribution in [0.4, 0.5) is 0 Å². The number of benzene rings is 1. The van der Waals surface area contributed by atoms with Gasteiger partial charge < -0.3 is 10.3 Å². The summed E-state index contributed by atoms with van der Waals surface area (Å²) in [5, 5.41) is 8.38. The van der Waals surface area contributed by atoms with Crippen LogP contribution in [0, 0.1) is 0 Å². The molecule has 3 heterocycles. The molecule has 0 radical (unpaired) electrons. The fourth-order valence-corrected chi connectivity index (χ4v) is 3.71. The molecule has 130 valence electrons. The smallest absolute Gasteiger partial charge is 0.271 e. The number of likely N-dealkylation sites (tertiary alicyclic amines) is 1. The van der Waals surface area contributed by atoms with E-state index in [0.717, 1.165) is 32.5 Å². The van der Waals surface area contributed by atoms with Gasteiger partial charge in [-0.3, -0.25) is 14.4 Å². The Morgan fingerprint density at radius 1 is 1.36 bits per heavy atom. The van der Waals surface area contributed by atoms with Crippen LogP contribution in [0.15, 0.2) is 42.7 Å². The highest BCUT2D eigenvalue weighted by Gasteiger charge is 2.23. The number of hydrogen-bond donors (Lipinski definition) is 2. The van der Waals surface area contributed by atoms with Gasteiger partial charge in [-0.15, -0.1) is 0 Å². The van der Waals surface area contributed by atoms with Crippen LogP contribution in [0.5, 0.6) is 0 Å². The summed E-state index contributed by atoms with van der Waals surface area (Å²) < 4.78 is 1.95. The maximum Gasteiger partial charge on any atom is 0.271 e. The van der Waals surface area contributed by atoms with E-state index in [2.05, 4.69) is 44.6 Å². The van der Waals surface area contributed by atoms with Crippen molar-refractivity contribution in [3.05, 3.63) is 54.0 Å². The summed E-state index contributed by atoms with van der Waals surface area (Å²) in [7, 11) is 1.63. The lowest BCUT2D eigenvalue weighted by Gasteiger charge is -2.33. The third-order valence-electron chi connectivity index (χ3n) is 5.00. The number of hydrogen-bond acceptors (Lipinski definition) is 3. The average Bonchev–Trinajstić information content (AvgIpc) is 3.31. The van der Waals surface area contributed by atoms with E-state index < -0.39 is 0 Å². The first-order chi connectivity index (χ1) is 12.2. The first-order valence-corrected chi connectivity index (χ1v) is 8.79. The molecule has 3 aromatic rings. The first kappa shape index (κ1) is 15.9. The maximum atomic E-state index is 11.7. The van der Waals surface area contributed by atoms with Gasteiger partial charge in [0.15, 0.2) is 0 Å². The largest absolute Gasteiger partial charge is 0.361 e. The van der Waals surface area contributed by atoms with Gasteiger partial charge in [-0.2, -0.15) is 5.10 Å². The minimum atomic E-state index is -0.134. The molecular weight excluding hydrogens is 314 g/mol. The summed E-state index contributed by atoms with van der Waals surface area (Å²) in [6.07, 6.45) is 6.16. The number of rotatable bonds is 4. The Morgan fingerprint density at radius 2 is 2.28 bits per heavy atom. The molecular formula is C19H23N5O. The van der Waals surface area contributed by atoms with Crippen LogP contribution in [0.1, 0.15) is 34.9 Å². The van der Waals surface area contributed by atoms with Crippen LogP contribution in [0.25, 0.3) is 10.9 Å². The maximum absolute atomic E-state index is 11.7. The molecule has 25 heavy (non-hydrogen) atoms. The summed E-state index contributed by atoms with van der Waals surface area (Å²) in [6, 6.07) is 10.7. The number of aromatic nitrogens is 3. The Hall–Kier alpha value is -2.60. The molecule has 0 aliphatic carbocycles. The van der Waals surface area contributed by atoms with E-state index in [1.807, 2.05) is 17.1 Å². The summed E-state index contributed by atoms with van der Waals surface area (Å²) >= 11 is 0. The van der Waals surface area contributed by atoms with Gasteiger partial charge in [0.25, 0.3) is 5.91 Å². The lowest BCUT2D eigenvalue weighted by Crippen LogP contribution is -2.36.